The summed E-state index contributed by atoms with van der Waals surface area (Å²) in [5, 5.41) is 0.396. The molecule has 1 N–H and O–H groups in total. The molecule has 2 atom stereocenters. The molecule has 3 aromatic rings. The number of carbonyl (C=O) groups excluding carboxylic acids is 1. The zero-order valence-electron chi connectivity index (χ0n) is 17.3. The molecule has 1 aliphatic heterocycles. The minimum Gasteiger partial charge on any atom is -0.370 e. The van der Waals surface area contributed by atoms with Crippen LogP contribution in [-0.2, 0) is 9.53 Å². The molecule has 2 aromatic carbocycles. The highest BCUT2D eigenvalue weighted by Gasteiger charge is 2.32. The summed E-state index contributed by atoms with van der Waals surface area (Å²) >= 11 is 1.58. The number of aromatic nitrogens is 2. The molecule has 4 rings (SSSR count). The third-order valence-electron chi connectivity index (χ3n) is 5.58. The number of amides is 1. The second kappa shape index (κ2) is 9.53. The fourth-order valence-corrected chi connectivity index (χ4v) is 4.44. The topological polar surface area (TPSA) is 84.4 Å². The normalized spacial score (nSPS) is 17.6. The number of fused-ring (bicyclic) bond motifs is 1. The maximum absolute atomic E-state index is 13.6. The summed E-state index contributed by atoms with van der Waals surface area (Å²) < 4.78 is 6.97. The standard InChI is InChI=1S/C23H25N3O4S/c1-31-14-11-19(26-21(27)17-9-5-6-10-18(17)24-23(26)29)22(28)25-12-13-30-20(15-25)16-7-3-2-4-8-16/h2-10,19-20H,11-15H2,1H3,(H,24,29)/t19-,20?/m0/s1. The van der Waals surface area contributed by atoms with E-state index in [4.69, 9.17) is 4.74 Å². The van der Waals surface area contributed by atoms with Crippen molar-refractivity contribution in [2.45, 2.75) is 18.6 Å². The summed E-state index contributed by atoms with van der Waals surface area (Å²) in [6.45, 7) is 1.22. The van der Waals surface area contributed by atoms with E-state index in [2.05, 4.69) is 4.98 Å². The van der Waals surface area contributed by atoms with E-state index in [1.807, 2.05) is 36.6 Å². The number of ether oxygens (including phenoxy) is 1. The number of hydrogen-bond donors (Lipinski definition) is 1. The highest BCUT2D eigenvalue weighted by molar-refractivity contribution is 7.98. The Hall–Kier alpha value is -2.84. The fourth-order valence-electron chi connectivity index (χ4n) is 3.98. The Morgan fingerprint density at radius 1 is 1.16 bits per heavy atom. The lowest BCUT2D eigenvalue weighted by molar-refractivity contribution is -0.142. The number of hydrogen-bond acceptors (Lipinski definition) is 5. The van der Waals surface area contributed by atoms with E-state index in [1.165, 1.54) is 0 Å². The Morgan fingerprint density at radius 2 is 1.90 bits per heavy atom. The van der Waals surface area contributed by atoms with Crippen LogP contribution in [0, 0.1) is 0 Å². The van der Waals surface area contributed by atoms with Crippen LogP contribution in [0.5, 0.6) is 0 Å². The molecular weight excluding hydrogens is 414 g/mol. The van der Waals surface area contributed by atoms with E-state index < -0.39 is 17.3 Å². The SMILES string of the molecule is CSCC[C@@H](C(=O)N1CCOC(c2ccccc2)C1)n1c(=O)[nH]c2ccccc2c1=O. The highest BCUT2D eigenvalue weighted by Crippen LogP contribution is 2.25. The molecule has 0 bridgehead atoms. The van der Waals surface area contributed by atoms with E-state index in [-0.39, 0.29) is 12.0 Å². The number of benzene rings is 2. The zero-order valence-corrected chi connectivity index (χ0v) is 18.1. The van der Waals surface area contributed by atoms with Gasteiger partial charge in [0, 0.05) is 6.54 Å². The number of H-pyrrole nitrogens is 1. The number of thioether (sulfide) groups is 1. The van der Waals surface area contributed by atoms with Crippen molar-refractivity contribution in [1.82, 2.24) is 14.5 Å². The molecule has 1 fully saturated rings. The van der Waals surface area contributed by atoms with Crippen molar-refractivity contribution < 1.29 is 9.53 Å². The Bertz CT molecular complexity index is 1170. The molecule has 7 nitrogen and oxygen atoms in total. The lowest BCUT2D eigenvalue weighted by atomic mass is 10.1. The van der Waals surface area contributed by atoms with Gasteiger partial charge in [0.25, 0.3) is 5.56 Å². The van der Waals surface area contributed by atoms with Gasteiger partial charge in [0.05, 0.1) is 24.1 Å². The fraction of sp³-hybridized carbons (Fsp3) is 0.348. The highest BCUT2D eigenvalue weighted by atomic mass is 32.2. The molecule has 162 valence electrons. The van der Waals surface area contributed by atoms with Crippen molar-refractivity contribution in [1.29, 1.82) is 0 Å². The minimum atomic E-state index is -0.858. The maximum Gasteiger partial charge on any atom is 0.329 e. The molecule has 1 saturated heterocycles. The molecule has 0 saturated carbocycles. The number of carbonyl (C=O) groups is 1. The van der Waals surface area contributed by atoms with Crippen LogP contribution in [0.15, 0.2) is 64.2 Å². The molecule has 0 spiro atoms. The van der Waals surface area contributed by atoms with Gasteiger partial charge in [0.1, 0.15) is 12.1 Å². The van der Waals surface area contributed by atoms with Gasteiger partial charge in [-0.1, -0.05) is 42.5 Å². The zero-order chi connectivity index (χ0) is 21.8. The Morgan fingerprint density at radius 3 is 2.68 bits per heavy atom. The molecule has 1 amide bonds. The van der Waals surface area contributed by atoms with Crippen molar-refractivity contribution in [3.05, 3.63) is 81.0 Å². The summed E-state index contributed by atoms with van der Waals surface area (Å²) in [6, 6.07) is 15.8. The summed E-state index contributed by atoms with van der Waals surface area (Å²) in [4.78, 5) is 44.0. The third-order valence-corrected chi connectivity index (χ3v) is 6.22. The summed E-state index contributed by atoms with van der Waals surface area (Å²) in [6.07, 6.45) is 2.11. The smallest absolute Gasteiger partial charge is 0.329 e. The summed E-state index contributed by atoms with van der Waals surface area (Å²) in [7, 11) is 0. The molecular formula is C23H25N3O4S. The van der Waals surface area contributed by atoms with Gasteiger partial charge in [-0.2, -0.15) is 11.8 Å². The van der Waals surface area contributed by atoms with Crippen LogP contribution >= 0.6 is 11.8 Å². The van der Waals surface area contributed by atoms with Gasteiger partial charge in [-0.25, -0.2) is 9.36 Å². The van der Waals surface area contributed by atoms with Crippen LogP contribution in [0.4, 0.5) is 0 Å². The monoisotopic (exact) mass is 439 g/mol. The van der Waals surface area contributed by atoms with Crippen LogP contribution in [0.2, 0.25) is 0 Å². The average Bonchev–Trinajstić information content (AvgIpc) is 2.81. The van der Waals surface area contributed by atoms with Gasteiger partial charge in [-0.05, 0) is 36.1 Å². The van der Waals surface area contributed by atoms with Crippen LogP contribution < -0.4 is 11.2 Å². The van der Waals surface area contributed by atoms with Crippen LogP contribution in [-0.4, -0.2) is 52.1 Å². The Labute approximate surface area is 184 Å². The molecule has 8 heteroatoms. The van der Waals surface area contributed by atoms with Gasteiger partial charge < -0.3 is 14.6 Å². The van der Waals surface area contributed by atoms with Gasteiger partial charge in [0.15, 0.2) is 0 Å². The maximum atomic E-state index is 13.6. The first-order chi connectivity index (χ1) is 15.1. The van der Waals surface area contributed by atoms with Crippen molar-refractivity contribution in [2.75, 3.05) is 31.7 Å². The lowest BCUT2D eigenvalue weighted by Crippen LogP contribution is -2.49. The Kier molecular flexibility index (Phi) is 6.58. The second-order valence-electron chi connectivity index (χ2n) is 7.50. The van der Waals surface area contributed by atoms with Crippen molar-refractivity contribution >= 4 is 28.6 Å². The van der Waals surface area contributed by atoms with E-state index in [0.29, 0.717) is 42.8 Å². The van der Waals surface area contributed by atoms with Gasteiger partial charge in [-0.15, -0.1) is 0 Å². The van der Waals surface area contributed by atoms with Gasteiger partial charge >= 0.3 is 5.69 Å². The van der Waals surface area contributed by atoms with Crippen LogP contribution in [0.1, 0.15) is 24.1 Å². The van der Waals surface area contributed by atoms with E-state index in [0.717, 1.165) is 10.1 Å². The number of aromatic amines is 1. The first-order valence-electron chi connectivity index (χ1n) is 10.3. The van der Waals surface area contributed by atoms with Gasteiger partial charge in [0.2, 0.25) is 5.91 Å². The van der Waals surface area contributed by atoms with Crippen molar-refractivity contribution in [3.63, 3.8) is 0 Å². The van der Waals surface area contributed by atoms with E-state index in [9.17, 15) is 14.4 Å². The van der Waals surface area contributed by atoms with Crippen LogP contribution in [0.3, 0.4) is 0 Å². The first-order valence-corrected chi connectivity index (χ1v) is 11.7. The second-order valence-corrected chi connectivity index (χ2v) is 8.49. The number of nitrogens with zero attached hydrogens (tertiary/aromatic N) is 2. The molecule has 2 heterocycles. The van der Waals surface area contributed by atoms with E-state index in [1.54, 1.807) is 40.9 Å². The summed E-state index contributed by atoms with van der Waals surface area (Å²) in [5.41, 5.74) is 0.476. The molecule has 31 heavy (non-hydrogen) atoms. The average molecular weight is 440 g/mol. The molecule has 1 unspecified atom stereocenters. The van der Waals surface area contributed by atoms with Gasteiger partial charge in [-0.3, -0.25) is 9.59 Å². The molecule has 0 radical (unpaired) electrons. The molecule has 1 aromatic heterocycles. The van der Waals surface area contributed by atoms with Crippen molar-refractivity contribution in [3.8, 4) is 0 Å². The summed E-state index contributed by atoms with van der Waals surface area (Å²) in [5.74, 6) is 0.433. The molecule has 1 aliphatic rings. The van der Waals surface area contributed by atoms with E-state index >= 15 is 0 Å². The number of nitrogens with one attached hydrogen (secondary N) is 1. The Balaban J connectivity index is 1.68. The predicted molar refractivity (Wildman–Crippen MR) is 123 cm³/mol. The molecule has 0 aliphatic carbocycles. The van der Waals surface area contributed by atoms with Crippen molar-refractivity contribution in [2.24, 2.45) is 0 Å². The predicted octanol–water partition coefficient (Wildman–Crippen LogP) is 2.58. The first kappa shape index (κ1) is 21.4. The number of para-hydroxylation sites is 1. The largest absolute Gasteiger partial charge is 0.370 e. The quantitative estimate of drug-likeness (QED) is 0.638. The minimum absolute atomic E-state index is 0.221. The number of rotatable bonds is 6. The third kappa shape index (κ3) is 4.45. The number of morpholine rings is 1. The van der Waals surface area contributed by atoms with Crippen LogP contribution in [0.25, 0.3) is 10.9 Å². The lowest BCUT2D eigenvalue weighted by Gasteiger charge is -2.35.